The first kappa shape index (κ1) is 26.4. The summed E-state index contributed by atoms with van der Waals surface area (Å²) in [5.41, 5.74) is 1.16. The molecular formula is C30H39N3O5. The van der Waals surface area contributed by atoms with E-state index in [4.69, 9.17) is 14.3 Å². The molecule has 5 rings (SSSR count). The highest BCUT2D eigenvalue weighted by molar-refractivity contribution is 5.89. The number of carbonyl (C=O) groups excluding carboxylic acids is 2. The fourth-order valence-corrected chi connectivity index (χ4v) is 5.58. The van der Waals surface area contributed by atoms with Crippen LogP contribution in [0.1, 0.15) is 63.2 Å². The number of benzene rings is 2. The van der Waals surface area contributed by atoms with E-state index in [-0.39, 0.29) is 23.7 Å². The number of hydroxylamine groups is 2. The summed E-state index contributed by atoms with van der Waals surface area (Å²) in [7, 11) is 0. The minimum Gasteiger partial charge on any atom is -0.490 e. The van der Waals surface area contributed by atoms with Crippen LogP contribution in [-0.2, 0) is 9.57 Å². The Morgan fingerprint density at radius 3 is 2.32 bits per heavy atom. The predicted octanol–water partition coefficient (Wildman–Crippen LogP) is 5.28. The van der Waals surface area contributed by atoms with Gasteiger partial charge in [0, 0.05) is 57.3 Å². The Hall–Kier alpha value is -3.26. The zero-order valence-corrected chi connectivity index (χ0v) is 22.7. The molecule has 1 amide bonds. The Labute approximate surface area is 225 Å². The number of hydrogen-bond acceptors (Lipinski definition) is 7. The Morgan fingerprint density at radius 1 is 0.921 bits per heavy atom. The van der Waals surface area contributed by atoms with E-state index in [9.17, 15) is 9.59 Å². The van der Waals surface area contributed by atoms with Crippen LogP contribution in [0.25, 0.3) is 0 Å². The summed E-state index contributed by atoms with van der Waals surface area (Å²) < 4.78 is 12.0. The maximum atomic E-state index is 12.7. The van der Waals surface area contributed by atoms with Gasteiger partial charge in [0.15, 0.2) is 0 Å². The van der Waals surface area contributed by atoms with Gasteiger partial charge < -0.3 is 24.1 Å². The second kappa shape index (κ2) is 10.8. The minimum absolute atomic E-state index is 0.0399. The van der Waals surface area contributed by atoms with Gasteiger partial charge in [0.05, 0.1) is 11.1 Å². The van der Waals surface area contributed by atoms with Crippen LogP contribution in [0.15, 0.2) is 54.6 Å². The summed E-state index contributed by atoms with van der Waals surface area (Å²) in [6.45, 7) is 9.10. The zero-order valence-electron chi connectivity index (χ0n) is 22.7. The zero-order chi connectivity index (χ0) is 26.8. The standard InChI is InChI=1S/C30H39N3O5/c1-29(2,3)37-28(35)31-19-20-33(30(22-31)15-8-16-30)24-11-7-12-26(21-24)36-25-13-17-32(18-14-25)38-27(34)23-9-5-4-6-10-23/h4-7,9-12,21,25H,8,13-20,22H2,1-3H3. The first-order valence-corrected chi connectivity index (χ1v) is 13.8. The van der Waals surface area contributed by atoms with E-state index in [0.717, 1.165) is 43.7 Å². The highest BCUT2D eigenvalue weighted by Gasteiger charge is 2.48. The lowest BCUT2D eigenvalue weighted by atomic mass is 9.73. The smallest absolute Gasteiger partial charge is 0.410 e. The predicted molar refractivity (Wildman–Crippen MR) is 145 cm³/mol. The lowest BCUT2D eigenvalue weighted by Crippen LogP contribution is -2.67. The molecule has 2 aromatic rings. The van der Waals surface area contributed by atoms with Gasteiger partial charge in [-0.15, -0.1) is 5.06 Å². The number of piperidine rings is 1. The molecule has 1 aliphatic carbocycles. The molecule has 0 unspecified atom stereocenters. The van der Waals surface area contributed by atoms with E-state index in [1.54, 1.807) is 17.2 Å². The maximum absolute atomic E-state index is 12.7. The Morgan fingerprint density at radius 2 is 1.66 bits per heavy atom. The number of piperazine rings is 1. The van der Waals surface area contributed by atoms with Crippen molar-refractivity contribution in [2.24, 2.45) is 0 Å². The van der Waals surface area contributed by atoms with Gasteiger partial charge in [-0.3, -0.25) is 0 Å². The van der Waals surface area contributed by atoms with E-state index >= 15 is 0 Å². The van der Waals surface area contributed by atoms with E-state index in [1.807, 2.05) is 56.0 Å². The highest BCUT2D eigenvalue weighted by Crippen LogP contribution is 2.43. The summed E-state index contributed by atoms with van der Waals surface area (Å²) in [4.78, 5) is 35.0. The first-order chi connectivity index (χ1) is 18.2. The molecule has 2 aromatic carbocycles. The molecule has 0 N–H and O–H groups in total. The lowest BCUT2D eigenvalue weighted by molar-refractivity contribution is -0.131. The first-order valence-electron chi connectivity index (χ1n) is 13.8. The van der Waals surface area contributed by atoms with E-state index in [0.29, 0.717) is 31.7 Å². The van der Waals surface area contributed by atoms with Crippen molar-refractivity contribution in [3.05, 3.63) is 60.2 Å². The van der Waals surface area contributed by atoms with Crippen molar-refractivity contribution in [1.29, 1.82) is 0 Å². The molecule has 204 valence electrons. The summed E-state index contributed by atoms with van der Waals surface area (Å²) in [6, 6.07) is 17.4. The van der Waals surface area contributed by atoms with Crippen molar-refractivity contribution in [2.75, 3.05) is 37.6 Å². The van der Waals surface area contributed by atoms with Gasteiger partial charge >= 0.3 is 12.1 Å². The molecule has 2 aliphatic heterocycles. The van der Waals surface area contributed by atoms with Crippen LogP contribution in [0.4, 0.5) is 10.5 Å². The van der Waals surface area contributed by atoms with Crippen LogP contribution in [-0.4, -0.2) is 72.0 Å². The van der Waals surface area contributed by atoms with E-state index in [1.165, 1.54) is 6.42 Å². The third-order valence-corrected chi connectivity index (χ3v) is 7.64. The summed E-state index contributed by atoms with van der Waals surface area (Å²) in [6.07, 6.45) is 4.72. The Bertz CT molecular complexity index is 1120. The van der Waals surface area contributed by atoms with Gasteiger partial charge in [0.1, 0.15) is 17.5 Å². The molecule has 0 atom stereocenters. The summed E-state index contributed by atoms with van der Waals surface area (Å²) in [5.74, 6) is 0.528. The van der Waals surface area contributed by atoms with Crippen LogP contribution in [0.2, 0.25) is 0 Å². The third kappa shape index (κ3) is 6.07. The monoisotopic (exact) mass is 521 g/mol. The molecule has 1 spiro atoms. The van der Waals surface area contributed by atoms with Crippen LogP contribution in [0.3, 0.4) is 0 Å². The summed E-state index contributed by atoms with van der Waals surface area (Å²) >= 11 is 0. The number of hydrogen-bond donors (Lipinski definition) is 0. The van der Waals surface area contributed by atoms with Crippen molar-refractivity contribution >= 4 is 17.7 Å². The van der Waals surface area contributed by atoms with Gasteiger partial charge in [0.25, 0.3) is 0 Å². The number of ether oxygens (including phenoxy) is 2. The average molecular weight is 522 g/mol. The van der Waals surface area contributed by atoms with E-state index < -0.39 is 5.60 Å². The fraction of sp³-hybridized carbons (Fsp3) is 0.533. The molecule has 2 saturated heterocycles. The Balaban J connectivity index is 1.16. The molecule has 3 aliphatic rings. The molecule has 3 fully saturated rings. The van der Waals surface area contributed by atoms with E-state index in [2.05, 4.69) is 17.0 Å². The number of amides is 1. The van der Waals surface area contributed by atoms with Crippen molar-refractivity contribution < 1.29 is 23.9 Å². The van der Waals surface area contributed by atoms with Gasteiger partial charge in [-0.1, -0.05) is 24.3 Å². The molecule has 8 nitrogen and oxygen atoms in total. The fourth-order valence-electron chi connectivity index (χ4n) is 5.58. The third-order valence-electron chi connectivity index (χ3n) is 7.64. The van der Waals surface area contributed by atoms with Crippen LogP contribution < -0.4 is 9.64 Å². The average Bonchev–Trinajstić information content (AvgIpc) is 2.88. The van der Waals surface area contributed by atoms with Gasteiger partial charge in [0.2, 0.25) is 0 Å². The molecule has 8 heteroatoms. The van der Waals surface area contributed by atoms with Gasteiger partial charge in [-0.05, 0) is 64.3 Å². The Kier molecular flexibility index (Phi) is 7.52. The van der Waals surface area contributed by atoms with Crippen LogP contribution in [0.5, 0.6) is 5.75 Å². The second-order valence-corrected chi connectivity index (χ2v) is 11.6. The second-order valence-electron chi connectivity index (χ2n) is 11.6. The SMILES string of the molecule is CC(C)(C)OC(=O)N1CCN(c2cccc(OC3CCN(OC(=O)c4ccccc4)CC3)c2)C2(CCC2)C1. The van der Waals surface area contributed by atoms with Crippen LogP contribution >= 0.6 is 0 Å². The van der Waals surface area contributed by atoms with Crippen molar-refractivity contribution in [1.82, 2.24) is 9.96 Å². The molecule has 0 bridgehead atoms. The molecule has 38 heavy (non-hydrogen) atoms. The number of carbonyl (C=O) groups is 2. The molecule has 1 saturated carbocycles. The summed E-state index contributed by atoms with van der Waals surface area (Å²) in [5, 5.41) is 1.73. The minimum atomic E-state index is -0.494. The van der Waals surface area contributed by atoms with Gasteiger partial charge in [-0.2, -0.15) is 0 Å². The number of anilines is 1. The quantitative estimate of drug-likeness (QED) is 0.530. The lowest BCUT2D eigenvalue weighted by Gasteiger charge is -2.56. The molecule has 0 radical (unpaired) electrons. The van der Waals surface area contributed by atoms with Crippen molar-refractivity contribution in [3.63, 3.8) is 0 Å². The molecular weight excluding hydrogens is 482 g/mol. The topological polar surface area (TPSA) is 71.6 Å². The molecule has 0 aromatic heterocycles. The number of nitrogens with zero attached hydrogens (tertiary/aromatic N) is 3. The van der Waals surface area contributed by atoms with Crippen molar-refractivity contribution in [2.45, 2.75) is 70.1 Å². The van der Waals surface area contributed by atoms with Crippen LogP contribution in [0, 0.1) is 0 Å². The largest absolute Gasteiger partial charge is 0.490 e. The molecule has 2 heterocycles. The maximum Gasteiger partial charge on any atom is 0.410 e. The van der Waals surface area contributed by atoms with Crippen molar-refractivity contribution in [3.8, 4) is 5.75 Å². The number of rotatable bonds is 5. The highest BCUT2D eigenvalue weighted by atomic mass is 16.7. The van der Waals surface area contributed by atoms with Gasteiger partial charge in [-0.25, -0.2) is 9.59 Å². The normalized spacial score (nSPS) is 20.1.